The maximum atomic E-state index is 12.1. The van der Waals surface area contributed by atoms with Gasteiger partial charge in [-0.1, -0.05) is 50.1 Å². The molecule has 1 aromatic carbocycles. The molecule has 1 unspecified atom stereocenters. The topological polar surface area (TPSA) is 20.3 Å². The van der Waals surface area contributed by atoms with Crippen molar-refractivity contribution in [2.24, 2.45) is 5.92 Å². The normalized spacial score (nSPS) is 19.9. The Hall–Kier alpha value is -1.31. The lowest BCUT2D eigenvalue weighted by atomic mass is 10.0. The zero-order valence-corrected chi connectivity index (χ0v) is 10.6. The van der Waals surface area contributed by atoms with Crippen LogP contribution in [0.15, 0.2) is 30.3 Å². The first-order chi connectivity index (χ1) is 8.31. The van der Waals surface area contributed by atoms with Crippen LogP contribution >= 0.6 is 0 Å². The summed E-state index contributed by atoms with van der Waals surface area (Å²) in [6, 6.07) is 10.3. The number of nitrogens with zero attached hydrogens (tertiary/aromatic N) is 1. The fourth-order valence-corrected chi connectivity index (χ4v) is 2.48. The Bertz CT molecular complexity index is 360. The number of amides is 1. The molecule has 1 aliphatic heterocycles. The van der Waals surface area contributed by atoms with Crippen LogP contribution in [0.1, 0.15) is 38.2 Å². The summed E-state index contributed by atoms with van der Waals surface area (Å²) in [5.74, 6) is 0.654. The van der Waals surface area contributed by atoms with Gasteiger partial charge >= 0.3 is 0 Å². The van der Waals surface area contributed by atoms with Crippen LogP contribution in [0.2, 0.25) is 0 Å². The minimum Gasteiger partial charge on any atom is -0.338 e. The molecule has 0 aliphatic carbocycles. The largest absolute Gasteiger partial charge is 0.338 e. The third kappa shape index (κ3) is 3.09. The summed E-state index contributed by atoms with van der Waals surface area (Å²) >= 11 is 0. The zero-order chi connectivity index (χ0) is 12.1. The molecular weight excluding hydrogens is 210 g/mol. The minimum atomic E-state index is 0.290. The van der Waals surface area contributed by atoms with Gasteiger partial charge in [0, 0.05) is 19.0 Å². The Morgan fingerprint density at radius 1 is 1.29 bits per heavy atom. The van der Waals surface area contributed by atoms with Gasteiger partial charge in [-0.2, -0.15) is 0 Å². The van der Waals surface area contributed by atoms with Crippen LogP contribution in [0.3, 0.4) is 0 Å². The second-order valence-electron chi connectivity index (χ2n) is 4.87. The lowest BCUT2D eigenvalue weighted by molar-refractivity contribution is -0.131. The summed E-state index contributed by atoms with van der Waals surface area (Å²) in [6.07, 6.45) is 4.48. The number of rotatable bonds is 5. The molecule has 2 heteroatoms. The summed E-state index contributed by atoms with van der Waals surface area (Å²) in [5, 5.41) is 0. The predicted molar refractivity (Wildman–Crippen MR) is 69.5 cm³/mol. The first kappa shape index (κ1) is 12.2. The second-order valence-corrected chi connectivity index (χ2v) is 4.87. The van der Waals surface area contributed by atoms with E-state index < -0.39 is 0 Å². The van der Waals surface area contributed by atoms with Gasteiger partial charge in [-0.25, -0.2) is 0 Å². The van der Waals surface area contributed by atoms with Crippen LogP contribution in [0.25, 0.3) is 0 Å². The van der Waals surface area contributed by atoms with Gasteiger partial charge in [-0.15, -0.1) is 0 Å². The van der Waals surface area contributed by atoms with E-state index in [1.54, 1.807) is 0 Å². The molecule has 0 spiro atoms. The molecule has 92 valence electrons. The zero-order valence-electron chi connectivity index (χ0n) is 10.6. The molecule has 0 bridgehead atoms. The van der Waals surface area contributed by atoms with Gasteiger partial charge in [0.05, 0.1) is 0 Å². The number of carbonyl (C=O) groups excluding carboxylic acids is 1. The predicted octanol–water partition coefficient (Wildman–Crippen LogP) is 3.23. The first-order valence-corrected chi connectivity index (χ1v) is 6.64. The van der Waals surface area contributed by atoms with Gasteiger partial charge in [-0.05, 0) is 18.4 Å². The summed E-state index contributed by atoms with van der Waals surface area (Å²) in [7, 11) is 0. The molecule has 17 heavy (non-hydrogen) atoms. The highest BCUT2D eigenvalue weighted by atomic mass is 16.2. The van der Waals surface area contributed by atoms with E-state index in [0.29, 0.717) is 11.8 Å². The van der Waals surface area contributed by atoms with E-state index in [1.807, 2.05) is 23.1 Å². The Morgan fingerprint density at radius 2 is 2.06 bits per heavy atom. The Balaban J connectivity index is 1.89. The van der Waals surface area contributed by atoms with Crippen molar-refractivity contribution < 1.29 is 4.79 Å². The van der Waals surface area contributed by atoms with Crippen LogP contribution in [-0.4, -0.2) is 17.4 Å². The Kier molecular flexibility index (Phi) is 4.18. The number of carbonyl (C=O) groups is 1. The van der Waals surface area contributed by atoms with Crippen molar-refractivity contribution in [2.75, 3.05) is 6.54 Å². The molecule has 2 rings (SSSR count). The average Bonchev–Trinajstić information content (AvgIpc) is 2.70. The quantitative estimate of drug-likeness (QED) is 0.762. The molecule has 1 fully saturated rings. The molecule has 0 N–H and O–H groups in total. The van der Waals surface area contributed by atoms with E-state index in [2.05, 4.69) is 19.1 Å². The Morgan fingerprint density at radius 3 is 2.76 bits per heavy atom. The maximum Gasteiger partial charge on any atom is 0.226 e. The summed E-state index contributed by atoms with van der Waals surface area (Å²) in [5.41, 5.74) is 1.23. The maximum absolute atomic E-state index is 12.1. The molecule has 1 aliphatic rings. The number of hydrogen-bond acceptors (Lipinski definition) is 1. The third-order valence-electron chi connectivity index (χ3n) is 3.53. The van der Waals surface area contributed by atoms with Gasteiger partial charge < -0.3 is 4.90 Å². The van der Waals surface area contributed by atoms with Crippen LogP contribution in [0.5, 0.6) is 0 Å². The molecule has 2 nitrogen and oxygen atoms in total. The van der Waals surface area contributed by atoms with Gasteiger partial charge in [0.2, 0.25) is 5.91 Å². The molecule has 1 amide bonds. The Labute approximate surface area is 104 Å². The molecule has 0 saturated carbocycles. The smallest absolute Gasteiger partial charge is 0.226 e. The number of hydrogen-bond donors (Lipinski definition) is 0. The van der Waals surface area contributed by atoms with Gasteiger partial charge in [0.15, 0.2) is 0 Å². The highest BCUT2D eigenvalue weighted by molar-refractivity contribution is 5.80. The standard InChI is InChI=1S/C15H21NO/c1-2-3-9-14-10-11-16(15(14)17)12-13-7-5-4-6-8-13/h4-8,14H,2-3,9-12H2,1H3. The van der Waals surface area contributed by atoms with E-state index in [4.69, 9.17) is 0 Å². The SMILES string of the molecule is CCCCC1CCN(Cc2ccccc2)C1=O. The van der Waals surface area contributed by atoms with Crippen molar-refractivity contribution in [3.05, 3.63) is 35.9 Å². The van der Waals surface area contributed by atoms with Gasteiger partial charge in [0.1, 0.15) is 0 Å². The van der Waals surface area contributed by atoms with E-state index in [-0.39, 0.29) is 0 Å². The van der Waals surface area contributed by atoms with E-state index >= 15 is 0 Å². The van der Waals surface area contributed by atoms with Crippen LogP contribution < -0.4 is 0 Å². The molecular formula is C15H21NO. The molecule has 1 atom stereocenters. The van der Waals surface area contributed by atoms with Gasteiger partial charge in [-0.3, -0.25) is 4.79 Å². The van der Waals surface area contributed by atoms with Crippen molar-refractivity contribution >= 4 is 5.91 Å². The lowest BCUT2D eigenvalue weighted by Gasteiger charge is -2.16. The lowest BCUT2D eigenvalue weighted by Crippen LogP contribution is -2.26. The second kappa shape index (κ2) is 5.85. The number of likely N-dealkylation sites (tertiary alicyclic amines) is 1. The van der Waals surface area contributed by atoms with E-state index in [1.165, 1.54) is 18.4 Å². The van der Waals surface area contributed by atoms with Gasteiger partial charge in [0.25, 0.3) is 0 Å². The molecule has 1 heterocycles. The third-order valence-corrected chi connectivity index (χ3v) is 3.53. The molecule has 0 radical (unpaired) electrons. The fraction of sp³-hybridized carbons (Fsp3) is 0.533. The van der Waals surface area contributed by atoms with Crippen molar-refractivity contribution in [3.8, 4) is 0 Å². The fourth-order valence-electron chi connectivity index (χ4n) is 2.48. The number of benzene rings is 1. The minimum absolute atomic E-state index is 0.290. The highest BCUT2D eigenvalue weighted by Crippen LogP contribution is 2.24. The first-order valence-electron chi connectivity index (χ1n) is 6.64. The van der Waals surface area contributed by atoms with Crippen molar-refractivity contribution in [2.45, 2.75) is 39.2 Å². The monoisotopic (exact) mass is 231 g/mol. The average molecular weight is 231 g/mol. The molecule has 0 aromatic heterocycles. The van der Waals surface area contributed by atoms with Crippen molar-refractivity contribution in [3.63, 3.8) is 0 Å². The molecule has 1 saturated heterocycles. The molecule has 1 aromatic rings. The summed E-state index contributed by atoms with van der Waals surface area (Å²) in [4.78, 5) is 14.2. The van der Waals surface area contributed by atoms with Crippen LogP contribution in [0, 0.1) is 5.92 Å². The summed E-state index contributed by atoms with van der Waals surface area (Å²) in [6.45, 7) is 3.89. The van der Waals surface area contributed by atoms with E-state index in [9.17, 15) is 4.79 Å². The van der Waals surface area contributed by atoms with Crippen LogP contribution in [-0.2, 0) is 11.3 Å². The number of unbranched alkanes of at least 4 members (excludes halogenated alkanes) is 1. The van der Waals surface area contributed by atoms with Crippen molar-refractivity contribution in [1.82, 2.24) is 4.90 Å². The van der Waals surface area contributed by atoms with Crippen molar-refractivity contribution in [1.29, 1.82) is 0 Å². The van der Waals surface area contributed by atoms with Crippen LogP contribution in [0.4, 0.5) is 0 Å². The highest BCUT2D eigenvalue weighted by Gasteiger charge is 2.30. The summed E-state index contributed by atoms with van der Waals surface area (Å²) < 4.78 is 0. The van der Waals surface area contributed by atoms with E-state index in [0.717, 1.165) is 25.9 Å².